The maximum Gasteiger partial charge on any atom is 0.137 e. The minimum absolute atomic E-state index is 0.0601. The molecule has 19 heavy (non-hydrogen) atoms. The van der Waals surface area contributed by atoms with Crippen LogP contribution in [0.3, 0.4) is 0 Å². The van der Waals surface area contributed by atoms with Gasteiger partial charge in [-0.2, -0.15) is 0 Å². The van der Waals surface area contributed by atoms with Gasteiger partial charge in [-0.05, 0) is 24.3 Å². The van der Waals surface area contributed by atoms with Crippen LogP contribution in [0, 0.1) is 0 Å². The van der Waals surface area contributed by atoms with E-state index in [1.807, 2.05) is 30.3 Å². The second-order valence-electron chi connectivity index (χ2n) is 4.96. The monoisotopic (exact) mass is 258 g/mol. The topological polar surface area (TPSA) is 56.6 Å². The minimum atomic E-state index is -0.0601. The molecule has 2 N–H and O–H groups in total. The standard InChI is InChI=1S/C15H18N2O2/c18-8-7-17(13-5-6-13)15-14-4-2-1-3-11(14)9-12(10-19)16-15/h1-4,9,13,18-19H,5-8,10H2. The van der Waals surface area contributed by atoms with E-state index in [0.29, 0.717) is 18.3 Å². The van der Waals surface area contributed by atoms with Crippen LogP contribution in [0.1, 0.15) is 18.5 Å². The molecule has 1 saturated carbocycles. The molecule has 0 radical (unpaired) electrons. The second kappa shape index (κ2) is 5.15. The van der Waals surface area contributed by atoms with Crippen molar-refractivity contribution >= 4 is 16.6 Å². The van der Waals surface area contributed by atoms with Crippen molar-refractivity contribution in [3.8, 4) is 0 Å². The average Bonchev–Trinajstić information content (AvgIpc) is 3.28. The Kier molecular flexibility index (Phi) is 3.36. The molecule has 2 aromatic rings. The molecule has 0 bridgehead atoms. The SMILES string of the molecule is OCCN(c1nc(CO)cc2ccccc12)C1CC1. The number of rotatable bonds is 5. The second-order valence-corrected chi connectivity index (χ2v) is 4.96. The van der Waals surface area contributed by atoms with Gasteiger partial charge in [-0.25, -0.2) is 4.98 Å². The Labute approximate surface area is 112 Å². The van der Waals surface area contributed by atoms with Crippen molar-refractivity contribution in [1.29, 1.82) is 0 Å². The summed E-state index contributed by atoms with van der Waals surface area (Å²) in [6.07, 6.45) is 2.30. The zero-order chi connectivity index (χ0) is 13.2. The van der Waals surface area contributed by atoms with Gasteiger partial charge in [0.1, 0.15) is 5.82 Å². The van der Waals surface area contributed by atoms with Crippen LogP contribution >= 0.6 is 0 Å². The highest BCUT2D eigenvalue weighted by atomic mass is 16.3. The zero-order valence-electron chi connectivity index (χ0n) is 10.8. The van der Waals surface area contributed by atoms with E-state index in [4.69, 9.17) is 0 Å². The minimum Gasteiger partial charge on any atom is -0.395 e. The summed E-state index contributed by atoms with van der Waals surface area (Å²) in [5, 5.41) is 20.8. The van der Waals surface area contributed by atoms with Crippen LogP contribution in [0.2, 0.25) is 0 Å². The molecule has 1 aliphatic rings. The fourth-order valence-electron chi connectivity index (χ4n) is 2.49. The van der Waals surface area contributed by atoms with Crippen LogP contribution in [0.5, 0.6) is 0 Å². The van der Waals surface area contributed by atoms with E-state index in [1.165, 1.54) is 0 Å². The van der Waals surface area contributed by atoms with Crippen LogP contribution in [0.4, 0.5) is 5.82 Å². The number of hydrogen-bond donors (Lipinski definition) is 2. The van der Waals surface area contributed by atoms with Crippen LogP contribution in [0.15, 0.2) is 30.3 Å². The van der Waals surface area contributed by atoms with Gasteiger partial charge in [0.05, 0.1) is 18.9 Å². The van der Waals surface area contributed by atoms with Gasteiger partial charge in [-0.1, -0.05) is 24.3 Å². The van der Waals surface area contributed by atoms with Gasteiger partial charge < -0.3 is 15.1 Å². The summed E-state index contributed by atoms with van der Waals surface area (Å²) in [6, 6.07) is 10.5. The highest BCUT2D eigenvalue weighted by Gasteiger charge is 2.30. The van der Waals surface area contributed by atoms with Crippen molar-refractivity contribution in [3.05, 3.63) is 36.0 Å². The average molecular weight is 258 g/mol. The predicted molar refractivity (Wildman–Crippen MR) is 75.1 cm³/mol. The Bertz CT molecular complexity index is 581. The Hall–Kier alpha value is -1.65. The van der Waals surface area contributed by atoms with Crippen molar-refractivity contribution in [2.45, 2.75) is 25.5 Å². The molecule has 0 amide bonds. The Balaban J connectivity index is 2.13. The Morgan fingerprint density at radius 1 is 1.21 bits per heavy atom. The first-order valence-electron chi connectivity index (χ1n) is 6.70. The van der Waals surface area contributed by atoms with Gasteiger partial charge in [-0.15, -0.1) is 0 Å². The van der Waals surface area contributed by atoms with Gasteiger partial charge in [-0.3, -0.25) is 0 Å². The third kappa shape index (κ3) is 2.41. The van der Waals surface area contributed by atoms with E-state index < -0.39 is 0 Å². The van der Waals surface area contributed by atoms with Crippen molar-refractivity contribution < 1.29 is 10.2 Å². The van der Waals surface area contributed by atoms with E-state index in [0.717, 1.165) is 29.4 Å². The summed E-state index contributed by atoms with van der Waals surface area (Å²) in [4.78, 5) is 6.73. The fourth-order valence-corrected chi connectivity index (χ4v) is 2.49. The first kappa shape index (κ1) is 12.4. The summed E-state index contributed by atoms with van der Waals surface area (Å²) < 4.78 is 0. The number of pyridine rings is 1. The molecule has 4 nitrogen and oxygen atoms in total. The molecule has 3 rings (SSSR count). The number of hydrogen-bond acceptors (Lipinski definition) is 4. The number of benzene rings is 1. The Morgan fingerprint density at radius 3 is 2.68 bits per heavy atom. The van der Waals surface area contributed by atoms with Gasteiger partial charge in [0, 0.05) is 18.0 Å². The molecular formula is C15H18N2O2. The van der Waals surface area contributed by atoms with Crippen molar-refractivity contribution in [3.63, 3.8) is 0 Å². The van der Waals surface area contributed by atoms with E-state index in [-0.39, 0.29) is 13.2 Å². The van der Waals surface area contributed by atoms with Crippen LogP contribution in [-0.4, -0.2) is 34.4 Å². The van der Waals surface area contributed by atoms with Gasteiger partial charge in [0.25, 0.3) is 0 Å². The lowest BCUT2D eigenvalue weighted by molar-refractivity contribution is 0.277. The number of fused-ring (bicyclic) bond motifs is 1. The molecule has 1 fully saturated rings. The lowest BCUT2D eigenvalue weighted by atomic mass is 10.1. The third-order valence-electron chi connectivity index (χ3n) is 3.54. The largest absolute Gasteiger partial charge is 0.395 e. The van der Waals surface area contributed by atoms with Gasteiger partial charge >= 0.3 is 0 Å². The molecule has 1 aliphatic carbocycles. The summed E-state index contributed by atoms with van der Waals surface area (Å²) >= 11 is 0. The van der Waals surface area contributed by atoms with Gasteiger partial charge in [0.15, 0.2) is 0 Å². The van der Waals surface area contributed by atoms with Crippen molar-refractivity contribution in [2.24, 2.45) is 0 Å². The summed E-state index contributed by atoms with van der Waals surface area (Å²) in [5.41, 5.74) is 0.678. The highest BCUT2D eigenvalue weighted by molar-refractivity contribution is 5.92. The molecule has 100 valence electrons. The lowest BCUT2D eigenvalue weighted by Gasteiger charge is -2.24. The number of nitrogens with zero attached hydrogens (tertiary/aromatic N) is 2. The molecule has 4 heteroatoms. The smallest absolute Gasteiger partial charge is 0.137 e. The summed E-state index contributed by atoms with van der Waals surface area (Å²) in [6.45, 7) is 0.655. The molecule has 1 aromatic heterocycles. The molecule has 0 atom stereocenters. The molecule has 1 aromatic carbocycles. The van der Waals surface area contributed by atoms with Crippen LogP contribution in [-0.2, 0) is 6.61 Å². The number of aromatic nitrogens is 1. The fraction of sp³-hybridized carbons (Fsp3) is 0.400. The number of anilines is 1. The third-order valence-corrected chi connectivity index (χ3v) is 3.54. The molecular weight excluding hydrogens is 240 g/mol. The molecule has 1 heterocycles. The zero-order valence-corrected chi connectivity index (χ0v) is 10.8. The van der Waals surface area contributed by atoms with E-state index in [1.54, 1.807) is 0 Å². The van der Waals surface area contributed by atoms with E-state index >= 15 is 0 Å². The van der Waals surface area contributed by atoms with E-state index in [2.05, 4.69) is 9.88 Å². The first-order valence-corrected chi connectivity index (χ1v) is 6.70. The van der Waals surface area contributed by atoms with E-state index in [9.17, 15) is 10.2 Å². The molecule has 0 aliphatic heterocycles. The van der Waals surface area contributed by atoms with Crippen LogP contribution < -0.4 is 4.90 Å². The van der Waals surface area contributed by atoms with Crippen molar-refractivity contribution in [1.82, 2.24) is 4.98 Å². The highest BCUT2D eigenvalue weighted by Crippen LogP contribution is 2.34. The maximum atomic E-state index is 9.36. The normalized spacial score (nSPS) is 14.8. The summed E-state index contributed by atoms with van der Waals surface area (Å²) in [7, 11) is 0. The summed E-state index contributed by atoms with van der Waals surface area (Å²) in [5.74, 6) is 0.888. The van der Waals surface area contributed by atoms with Crippen molar-refractivity contribution in [2.75, 3.05) is 18.1 Å². The molecule has 0 spiro atoms. The number of aliphatic hydroxyl groups is 2. The number of aliphatic hydroxyl groups excluding tert-OH is 2. The lowest BCUT2D eigenvalue weighted by Crippen LogP contribution is -2.30. The molecule has 0 unspecified atom stereocenters. The van der Waals surface area contributed by atoms with Crippen LogP contribution in [0.25, 0.3) is 10.8 Å². The maximum absolute atomic E-state index is 9.36. The van der Waals surface area contributed by atoms with Gasteiger partial charge in [0.2, 0.25) is 0 Å². The molecule has 0 saturated heterocycles. The predicted octanol–water partition coefficient (Wildman–Crippen LogP) is 1.69. The first-order chi connectivity index (χ1) is 9.33. The quantitative estimate of drug-likeness (QED) is 0.857. The Morgan fingerprint density at radius 2 is 2.00 bits per heavy atom.